The molecule has 0 fully saturated rings. The number of pyridine rings is 1. The van der Waals surface area contributed by atoms with E-state index in [1.165, 1.54) is 28.8 Å². The molecule has 0 aliphatic rings. The maximum absolute atomic E-state index is 13.3. The van der Waals surface area contributed by atoms with Gasteiger partial charge in [-0.3, -0.25) is 4.79 Å². The Labute approximate surface area is 223 Å². The normalized spacial score (nSPS) is 11.5. The Balaban J connectivity index is 1.49. The van der Waals surface area contributed by atoms with Crippen LogP contribution in [0.15, 0.2) is 102 Å². The van der Waals surface area contributed by atoms with Crippen molar-refractivity contribution in [1.29, 1.82) is 0 Å². The Bertz CT molecular complexity index is 1690. The Kier molecular flexibility index (Phi) is 7.11. The zero-order valence-corrected chi connectivity index (χ0v) is 22.2. The van der Waals surface area contributed by atoms with Crippen molar-refractivity contribution >= 4 is 33.2 Å². The number of rotatable bonds is 9. The lowest BCUT2D eigenvalue weighted by atomic mass is 10.0. The van der Waals surface area contributed by atoms with Crippen molar-refractivity contribution in [3.05, 3.63) is 114 Å². The van der Waals surface area contributed by atoms with Crippen molar-refractivity contribution in [2.24, 2.45) is 0 Å². The summed E-state index contributed by atoms with van der Waals surface area (Å²) >= 11 is 0. The van der Waals surface area contributed by atoms with Crippen molar-refractivity contribution in [3.8, 4) is 11.1 Å². The Morgan fingerprint density at radius 1 is 0.921 bits per heavy atom. The van der Waals surface area contributed by atoms with E-state index in [1.54, 1.807) is 30.3 Å². The van der Waals surface area contributed by atoms with E-state index in [1.807, 2.05) is 48.7 Å². The summed E-state index contributed by atoms with van der Waals surface area (Å²) in [6.07, 6.45) is 4.23. The van der Waals surface area contributed by atoms with Crippen LogP contribution in [-0.4, -0.2) is 24.4 Å². The van der Waals surface area contributed by atoms with Gasteiger partial charge in [-0.15, -0.1) is 0 Å². The number of benzene rings is 3. The highest BCUT2D eigenvalue weighted by atomic mass is 32.2. The van der Waals surface area contributed by atoms with E-state index < -0.39 is 10.0 Å². The van der Waals surface area contributed by atoms with E-state index in [4.69, 9.17) is 0 Å². The average molecular weight is 524 g/mol. The minimum atomic E-state index is -4.06. The van der Waals surface area contributed by atoms with Crippen LogP contribution in [0.4, 0.5) is 5.69 Å². The highest BCUT2D eigenvalue weighted by Gasteiger charge is 2.26. The summed E-state index contributed by atoms with van der Waals surface area (Å²) in [6, 6.07) is 27.3. The first-order chi connectivity index (χ1) is 18.4. The molecule has 0 bridgehead atoms. The Hall–Kier alpha value is -4.23. The molecule has 7 heteroatoms. The number of nitrogens with zero attached hydrogens (tertiary/aromatic N) is 3. The van der Waals surface area contributed by atoms with Gasteiger partial charge in [0.1, 0.15) is 5.65 Å². The SMILES string of the molecule is CCCc1cc2c(C)ccnc2n1Cc1ccc(-c2ccccc2N(C=O)S(=O)(=O)c2ccccc2)cc1. The van der Waals surface area contributed by atoms with Crippen LogP contribution in [-0.2, 0) is 27.8 Å². The third-order valence-corrected chi connectivity index (χ3v) is 8.42. The van der Waals surface area contributed by atoms with Gasteiger partial charge in [0.25, 0.3) is 10.0 Å². The molecule has 0 spiro atoms. The number of fused-ring (bicyclic) bond motifs is 1. The molecule has 3 aromatic carbocycles. The van der Waals surface area contributed by atoms with E-state index >= 15 is 0 Å². The summed E-state index contributed by atoms with van der Waals surface area (Å²) in [5, 5.41) is 1.18. The van der Waals surface area contributed by atoms with Crippen molar-refractivity contribution in [1.82, 2.24) is 9.55 Å². The summed E-state index contributed by atoms with van der Waals surface area (Å²) in [6.45, 7) is 4.96. The minimum Gasteiger partial charge on any atom is -0.325 e. The van der Waals surface area contributed by atoms with Gasteiger partial charge < -0.3 is 4.57 Å². The van der Waals surface area contributed by atoms with Crippen LogP contribution >= 0.6 is 0 Å². The molecule has 0 saturated heterocycles. The van der Waals surface area contributed by atoms with Gasteiger partial charge >= 0.3 is 0 Å². The number of anilines is 1. The van der Waals surface area contributed by atoms with Crippen LogP contribution in [0.2, 0.25) is 0 Å². The molecule has 1 amide bonds. The molecule has 5 aromatic rings. The number of sulfonamides is 1. The van der Waals surface area contributed by atoms with Gasteiger partial charge in [-0.25, -0.2) is 17.7 Å². The molecular weight excluding hydrogens is 494 g/mol. The van der Waals surface area contributed by atoms with Crippen molar-refractivity contribution in [3.63, 3.8) is 0 Å². The van der Waals surface area contributed by atoms with Crippen molar-refractivity contribution in [2.75, 3.05) is 4.31 Å². The first-order valence-electron chi connectivity index (χ1n) is 12.6. The third-order valence-electron chi connectivity index (χ3n) is 6.75. The number of carbonyl (C=O) groups is 1. The second-order valence-corrected chi connectivity index (χ2v) is 11.1. The molecule has 38 heavy (non-hydrogen) atoms. The van der Waals surface area contributed by atoms with Crippen LogP contribution in [0.25, 0.3) is 22.2 Å². The number of amides is 1. The van der Waals surface area contributed by atoms with Crippen LogP contribution in [0.1, 0.15) is 30.2 Å². The van der Waals surface area contributed by atoms with Crippen molar-refractivity contribution < 1.29 is 13.2 Å². The first-order valence-corrected chi connectivity index (χ1v) is 14.0. The van der Waals surface area contributed by atoms with Gasteiger partial charge in [-0.2, -0.15) is 0 Å². The Morgan fingerprint density at radius 3 is 2.34 bits per heavy atom. The molecule has 5 rings (SSSR count). The molecular formula is C31H29N3O3S. The zero-order valence-electron chi connectivity index (χ0n) is 21.4. The zero-order chi connectivity index (χ0) is 26.7. The predicted molar refractivity (Wildman–Crippen MR) is 152 cm³/mol. The summed E-state index contributed by atoms with van der Waals surface area (Å²) in [5.74, 6) is 0. The van der Waals surface area contributed by atoms with E-state index in [0.717, 1.165) is 33.9 Å². The van der Waals surface area contributed by atoms with E-state index in [2.05, 4.69) is 29.5 Å². The number of aryl methyl sites for hydroxylation is 2. The van der Waals surface area contributed by atoms with Gasteiger partial charge in [0.05, 0.1) is 10.6 Å². The number of hydrogen-bond donors (Lipinski definition) is 0. The van der Waals surface area contributed by atoms with Crippen LogP contribution in [0.3, 0.4) is 0 Å². The molecule has 0 unspecified atom stereocenters. The molecule has 192 valence electrons. The lowest BCUT2D eigenvalue weighted by Crippen LogP contribution is -2.30. The molecule has 6 nitrogen and oxygen atoms in total. The molecule has 0 atom stereocenters. The smallest absolute Gasteiger partial charge is 0.270 e. The van der Waals surface area contributed by atoms with Crippen LogP contribution < -0.4 is 4.31 Å². The number of aromatic nitrogens is 2. The van der Waals surface area contributed by atoms with Gasteiger partial charge in [0.15, 0.2) is 0 Å². The maximum Gasteiger partial charge on any atom is 0.270 e. The molecule has 0 N–H and O–H groups in total. The summed E-state index contributed by atoms with van der Waals surface area (Å²) in [4.78, 5) is 16.8. The Morgan fingerprint density at radius 2 is 1.63 bits per heavy atom. The minimum absolute atomic E-state index is 0.0583. The van der Waals surface area contributed by atoms with E-state index in [0.29, 0.717) is 24.2 Å². The van der Waals surface area contributed by atoms with Crippen LogP contribution in [0, 0.1) is 6.92 Å². The molecule has 0 saturated carbocycles. The summed E-state index contributed by atoms with van der Waals surface area (Å²) in [7, 11) is -4.06. The highest BCUT2D eigenvalue weighted by Crippen LogP contribution is 2.34. The predicted octanol–water partition coefficient (Wildman–Crippen LogP) is 6.36. The topological polar surface area (TPSA) is 72.3 Å². The van der Waals surface area contributed by atoms with E-state index in [-0.39, 0.29) is 4.90 Å². The lowest BCUT2D eigenvalue weighted by Gasteiger charge is -2.21. The van der Waals surface area contributed by atoms with Gasteiger partial charge in [-0.1, -0.05) is 74.0 Å². The second kappa shape index (κ2) is 10.6. The standard InChI is InChI=1S/C31H29N3O3S/c1-3-9-26-20-29-23(2)18-19-32-31(29)33(26)21-24-14-16-25(17-15-24)28-12-7-8-13-30(28)34(22-35)38(36,37)27-10-5-4-6-11-27/h4-8,10-20,22H,3,9,21H2,1-2H3. The number of hydrogen-bond acceptors (Lipinski definition) is 4. The molecule has 0 radical (unpaired) electrons. The second-order valence-electron chi connectivity index (χ2n) is 9.27. The number of para-hydroxylation sites is 1. The fourth-order valence-electron chi connectivity index (χ4n) is 4.80. The molecule has 2 aromatic heterocycles. The third kappa shape index (κ3) is 4.73. The molecule has 0 aliphatic heterocycles. The summed E-state index contributed by atoms with van der Waals surface area (Å²) < 4.78 is 29.6. The fourth-order valence-corrected chi connectivity index (χ4v) is 6.06. The molecule has 2 heterocycles. The number of carbonyl (C=O) groups excluding carboxylic acids is 1. The lowest BCUT2D eigenvalue weighted by molar-refractivity contribution is -0.106. The van der Waals surface area contributed by atoms with Crippen LogP contribution in [0.5, 0.6) is 0 Å². The monoisotopic (exact) mass is 523 g/mol. The van der Waals surface area contributed by atoms with Gasteiger partial charge in [-0.05, 0) is 60.4 Å². The largest absolute Gasteiger partial charge is 0.325 e. The average Bonchev–Trinajstić information content (AvgIpc) is 3.28. The van der Waals surface area contributed by atoms with Crippen molar-refractivity contribution in [2.45, 2.75) is 38.1 Å². The highest BCUT2D eigenvalue weighted by molar-refractivity contribution is 7.93. The quantitative estimate of drug-likeness (QED) is 0.211. The van der Waals surface area contributed by atoms with E-state index in [9.17, 15) is 13.2 Å². The fraction of sp³-hybridized carbons (Fsp3) is 0.161. The van der Waals surface area contributed by atoms with Gasteiger partial charge in [0.2, 0.25) is 6.41 Å². The van der Waals surface area contributed by atoms with Gasteiger partial charge in [0, 0.05) is 29.4 Å². The first kappa shape index (κ1) is 25.4. The summed E-state index contributed by atoms with van der Waals surface area (Å²) in [5.41, 5.74) is 6.33. The molecule has 0 aliphatic carbocycles. The maximum atomic E-state index is 13.3.